The average molecular weight is 578 g/mol. The minimum absolute atomic E-state index is 0.702. The highest BCUT2D eigenvalue weighted by Crippen LogP contribution is 2.24. The molecule has 6 heteroatoms. The molecule has 0 saturated heterocycles. The number of halogens is 1. The zero-order chi connectivity index (χ0) is 24.5. The van der Waals surface area contributed by atoms with E-state index in [1.807, 2.05) is 12.1 Å². The fourth-order valence-electron chi connectivity index (χ4n) is 3.94. The summed E-state index contributed by atoms with van der Waals surface area (Å²) in [5, 5.41) is 4.60. The molecule has 1 heterocycles. The molecule has 5 nitrogen and oxygen atoms in total. The molecule has 4 rings (SSSR count). The Kier molecular flexibility index (Phi) is 9.22. The molecule has 3 N–H and O–H groups in total. The number of hydrogen-bond acceptors (Lipinski definition) is 5. The number of hydrogen-bond donors (Lipinski definition) is 2. The largest absolute Gasteiger partial charge is 0.369 e. The van der Waals surface area contributed by atoms with Gasteiger partial charge in [0.15, 0.2) is 5.82 Å². The van der Waals surface area contributed by atoms with Crippen molar-refractivity contribution in [3.63, 3.8) is 0 Å². The normalized spacial score (nSPS) is 11.5. The lowest BCUT2D eigenvalue weighted by Gasteiger charge is -2.16. The summed E-state index contributed by atoms with van der Waals surface area (Å²) < 4.78 is 1.17. The van der Waals surface area contributed by atoms with Crippen molar-refractivity contribution in [1.82, 2.24) is 14.9 Å². The first-order chi connectivity index (χ1) is 17.1. The fourth-order valence-corrected chi connectivity index (χ4v) is 4.44. The van der Waals surface area contributed by atoms with Gasteiger partial charge in [-0.3, -0.25) is 0 Å². The summed E-state index contributed by atoms with van der Waals surface area (Å²) in [5.41, 5.74) is 10.1. The smallest absolute Gasteiger partial charge is 0.154 e. The van der Waals surface area contributed by atoms with Crippen LogP contribution in [-0.2, 0) is 0 Å². The van der Waals surface area contributed by atoms with Gasteiger partial charge in [-0.25, -0.2) is 9.97 Å². The van der Waals surface area contributed by atoms with Crippen LogP contribution in [0.4, 0.5) is 5.82 Å². The molecule has 0 radical (unpaired) electrons. The molecule has 0 aliphatic carbocycles. The summed E-state index contributed by atoms with van der Waals surface area (Å²) >= 11 is 2.34. The number of rotatable bonds is 11. The quantitative estimate of drug-likeness (QED) is 0.165. The van der Waals surface area contributed by atoms with Crippen LogP contribution in [0.25, 0.3) is 34.2 Å². The standard InChI is InChI=1S/C29H32IN5/c1-35(19-5-17-31)20-6-18-32-29-26-21-25(30)14-15-27(26)33-28(34-29)16-11-22-9-12-24(13-10-22)23-7-3-2-4-8-23/h2-4,7-16,21H,5-6,17-20,31H2,1H3,(H,32,33,34). The summed E-state index contributed by atoms with van der Waals surface area (Å²) in [7, 11) is 2.15. The molecule has 0 aliphatic heterocycles. The molecule has 0 amide bonds. The summed E-state index contributed by atoms with van der Waals surface area (Å²) in [6.45, 7) is 3.65. The average Bonchev–Trinajstić information content (AvgIpc) is 2.89. The van der Waals surface area contributed by atoms with Gasteiger partial charge in [0.1, 0.15) is 5.82 Å². The van der Waals surface area contributed by atoms with Crippen molar-refractivity contribution < 1.29 is 0 Å². The molecule has 35 heavy (non-hydrogen) atoms. The van der Waals surface area contributed by atoms with Crippen LogP contribution in [0, 0.1) is 3.57 Å². The van der Waals surface area contributed by atoms with E-state index in [9.17, 15) is 0 Å². The SMILES string of the molecule is CN(CCCN)CCCNc1nc(C=Cc2ccc(-c3ccccc3)cc2)nc2ccc(I)cc12. The number of anilines is 1. The van der Waals surface area contributed by atoms with Gasteiger partial charge in [0.25, 0.3) is 0 Å². The second kappa shape index (κ2) is 12.8. The van der Waals surface area contributed by atoms with Crippen molar-refractivity contribution in [1.29, 1.82) is 0 Å². The molecule has 0 unspecified atom stereocenters. The molecule has 0 atom stereocenters. The van der Waals surface area contributed by atoms with Crippen molar-refractivity contribution in [2.75, 3.05) is 38.5 Å². The molecule has 0 aliphatic rings. The Morgan fingerprint density at radius 3 is 2.40 bits per heavy atom. The van der Waals surface area contributed by atoms with Gasteiger partial charge in [-0.1, -0.05) is 60.7 Å². The first kappa shape index (κ1) is 25.3. The van der Waals surface area contributed by atoms with Crippen LogP contribution in [-0.4, -0.2) is 48.1 Å². The summed E-state index contributed by atoms with van der Waals surface area (Å²) in [5.74, 6) is 1.59. The molecule has 0 spiro atoms. The van der Waals surface area contributed by atoms with Gasteiger partial charge in [-0.2, -0.15) is 0 Å². The third kappa shape index (κ3) is 7.34. The van der Waals surface area contributed by atoms with Crippen LogP contribution in [0.3, 0.4) is 0 Å². The van der Waals surface area contributed by atoms with Crippen molar-refractivity contribution in [2.45, 2.75) is 12.8 Å². The number of nitrogens with zero attached hydrogens (tertiary/aromatic N) is 3. The topological polar surface area (TPSA) is 67.1 Å². The maximum atomic E-state index is 5.62. The number of nitrogens with one attached hydrogen (secondary N) is 1. The lowest BCUT2D eigenvalue weighted by Crippen LogP contribution is -2.24. The van der Waals surface area contributed by atoms with Crippen LogP contribution < -0.4 is 11.1 Å². The summed E-state index contributed by atoms with van der Waals surface area (Å²) in [6.07, 6.45) is 6.12. The van der Waals surface area contributed by atoms with Crippen LogP contribution in [0.5, 0.6) is 0 Å². The van der Waals surface area contributed by atoms with E-state index in [1.165, 1.54) is 14.7 Å². The number of nitrogens with two attached hydrogens (primary N) is 1. The monoisotopic (exact) mass is 577 g/mol. The van der Waals surface area contributed by atoms with E-state index in [2.05, 4.69) is 113 Å². The first-order valence-electron chi connectivity index (χ1n) is 12.1. The number of aromatic nitrogens is 2. The maximum absolute atomic E-state index is 5.62. The Bertz CT molecular complexity index is 1260. The summed E-state index contributed by atoms with van der Waals surface area (Å²) in [6, 6.07) is 25.3. The highest BCUT2D eigenvalue weighted by Gasteiger charge is 2.08. The van der Waals surface area contributed by atoms with Crippen LogP contribution in [0.2, 0.25) is 0 Å². The van der Waals surface area contributed by atoms with Crippen molar-refractivity contribution in [3.8, 4) is 11.1 Å². The lowest BCUT2D eigenvalue weighted by atomic mass is 10.0. The van der Waals surface area contributed by atoms with E-state index >= 15 is 0 Å². The van der Waals surface area contributed by atoms with E-state index in [0.717, 1.165) is 61.3 Å². The molecule has 0 fully saturated rings. The maximum Gasteiger partial charge on any atom is 0.154 e. The highest BCUT2D eigenvalue weighted by atomic mass is 127. The Morgan fingerprint density at radius 2 is 1.63 bits per heavy atom. The third-order valence-corrected chi connectivity index (χ3v) is 6.54. The highest BCUT2D eigenvalue weighted by molar-refractivity contribution is 14.1. The van der Waals surface area contributed by atoms with Crippen LogP contribution >= 0.6 is 22.6 Å². The van der Waals surface area contributed by atoms with Crippen molar-refractivity contribution in [2.24, 2.45) is 5.73 Å². The molecular formula is C29H32IN5. The van der Waals surface area contributed by atoms with E-state index < -0.39 is 0 Å². The Labute approximate surface area is 221 Å². The molecule has 180 valence electrons. The fraction of sp³-hybridized carbons (Fsp3) is 0.241. The Balaban J connectivity index is 1.48. The second-order valence-electron chi connectivity index (χ2n) is 8.64. The van der Waals surface area contributed by atoms with E-state index in [-0.39, 0.29) is 0 Å². The van der Waals surface area contributed by atoms with Gasteiger partial charge >= 0.3 is 0 Å². The van der Waals surface area contributed by atoms with E-state index in [4.69, 9.17) is 15.7 Å². The molecule has 1 aromatic heterocycles. The molecule has 4 aromatic rings. The molecular weight excluding hydrogens is 545 g/mol. The minimum atomic E-state index is 0.702. The molecule has 0 saturated carbocycles. The molecule has 0 bridgehead atoms. The first-order valence-corrected chi connectivity index (χ1v) is 13.1. The van der Waals surface area contributed by atoms with E-state index in [1.54, 1.807) is 0 Å². The van der Waals surface area contributed by atoms with Gasteiger partial charge in [-0.15, -0.1) is 0 Å². The second-order valence-corrected chi connectivity index (χ2v) is 9.88. The van der Waals surface area contributed by atoms with Gasteiger partial charge in [0.05, 0.1) is 5.52 Å². The van der Waals surface area contributed by atoms with Gasteiger partial charge in [-0.05, 0) is 103 Å². The van der Waals surface area contributed by atoms with Gasteiger partial charge in [0, 0.05) is 15.5 Å². The number of fused-ring (bicyclic) bond motifs is 1. The Morgan fingerprint density at radius 1 is 0.886 bits per heavy atom. The predicted octanol–water partition coefficient (Wildman–Crippen LogP) is 6.15. The van der Waals surface area contributed by atoms with E-state index in [0.29, 0.717) is 5.82 Å². The lowest BCUT2D eigenvalue weighted by molar-refractivity contribution is 0.330. The summed E-state index contributed by atoms with van der Waals surface area (Å²) in [4.78, 5) is 12.0. The van der Waals surface area contributed by atoms with Gasteiger partial charge < -0.3 is 16.0 Å². The van der Waals surface area contributed by atoms with Crippen molar-refractivity contribution in [3.05, 3.63) is 87.8 Å². The predicted molar refractivity (Wildman–Crippen MR) is 157 cm³/mol. The van der Waals surface area contributed by atoms with Gasteiger partial charge in [0.2, 0.25) is 0 Å². The minimum Gasteiger partial charge on any atom is -0.369 e. The zero-order valence-electron chi connectivity index (χ0n) is 20.1. The van der Waals surface area contributed by atoms with Crippen molar-refractivity contribution >= 4 is 51.5 Å². The molecule has 3 aromatic carbocycles. The zero-order valence-corrected chi connectivity index (χ0v) is 22.3. The third-order valence-electron chi connectivity index (χ3n) is 5.87. The number of benzene rings is 3. The Hall–Kier alpha value is -2.81. The van der Waals surface area contributed by atoms with Crippen LogP contribution in [0.15, 0.2) is 72.8 Å². The van der Waals surface area contributed by atoms with Crippen LogP contribution in [0.1, 0.15) is 24.2 Å².